The number of methoxy groups -OCH3 is 7. The first-order valence-electron chi connectivity index (χ1n) is 9.14. The minimum absolute atomic E-state index is 0.0668. The van der Waals surface area contributed by atoms with Crippen LogP contribution in [0.3, 0.4) is 0 Å². The van der Waals surface area contributed by atoms with Crippen LogP contribution in [0.15, 0.2) is 27.4 Å². The van der Waals surface area contributed by atoms with Gasteiger partial charge in [0, 0.05) is 0 Å². The molecule has 0 spiro atoms. The quantitative estimate of drug-likeness (QED) is 0.530. The second-order valence-electron chi connectivity index (χ2n) is 6.17. The Morgan fingerprint density at radius 2 is 1.10 bits per heavy atom. The normalized spacial score (nSPS) is 10.5. The fraction of sp³-hybridized carbons (Fsp3) is 0.318. The average Bonchev–Trinajstić information content (AvgIpc) is 2.81. The van der Waals surface area contributed by atoms with Crippen molar-refractivity contribution in [2.75, 3.05) is 49.8 Å². The van der Waals surface area contributed by atoms with Crippen LogP contribution in [0.1, 0.15) is 0 Å². The predicted octanol–water partition coefficient (Wildman–Crippen LogP) is 3.52. The van der Waals surface area contributed by atoms with Crippen LogP contribution in [0.25, 0.3) is 22.3 Å². The minimum Gasteiger partial charge on any atom is -0.496 e. The van der Waals surface area contributed by atoms with Crippen LogP contribution in [0.5, 0.6) is 40.2 Å². The summed E-state index contributed by atoms with van der Waals surface area (Å²) in [7, 11) is 10.1. The first-order valence-corrected chi connectivity index (χ1v) is 9.14. The molecule has 0 amide bonds. The topological polar surface area (TPSA) is 94.8 Å². The minimum atomic E-state index is -0.497. The highest BCUT2D eigenvalue weighted by Gasteiger charge is 2.31. The van der Waals surface area contributed by atoms with E-state index in [0.29, 0.717) is 17.1 Å². The van der Waals surface area contributed by atoms with Crippen molar-refractivity contribution >= 4 is 11.0 Å². The summed E-state index contributed by atoms with van der Waals surface area (Å²) in [5.74, 6) is 1.56. The summed E-state index contributed by atoms with van der Waals surface area (Å²) < 4.78 is 44.5. The molecule has 2 aromatic carbocycles. The maximum Gasteiger partial charge on any atom is 0.239 e. The van der Waals surface area contributed by atoms with Gasteiger partial charge in [-0.15, -0.1) is 0 Å². The lowest BCUT2D eigenvalue weighted by Gasteiger charge is -2.19. The Morgan fingerprint density at radius 1 is 0.613 bits per heavy atom. The fourth-order valence-corrected chi connectivity index (χ4v) is 3.48. The van der Waals surface area contributed by atoms with Crippen molar-refractivity contribution in [1.82, 2.24) is 0 Å². The van der Waals surface area contributed by atoms with Crippen LogP contribution in [-0.2, 0) is 0 Å². The third-order valence-electron chi connectivity index (χ3n) is 4.80. The van der Waals surface area contributed by atoms with Gasteiger partial charge in [0.2, 0.25) is 28.4 Å². The maximum absolute atomic E-state index is 13.6. The van der Waals surface area contributed by atoms with E-state index in [0.717, 1.165) is 0 Å². The Bertz CT molecular complexity index is 1140. The zero-order valence-corrected chi connectivity index (χ0v) is 18.4. The number of rotatable bonds is 8. The van der Waals surface area contributed by atoms with Crippen LogP contribution < -0.4 is 38.6 Å². The molecule has 0 saturated carbocycles. The van der Waals surface area contributed by atoms with E-state index in [4.69, 9.17) is 37.6 Å². The number of hydrogen-bond donors (Lipinski definition) is 0. The van der Waals surface area contributed by atoms with Crippen molar-refractivity contribution in [2.24, 2.45) is 0 Å². The molecule has 0 saturated heterocycles. The van der Waals surface area contributed by atoms with Crippen molar-refractivity contribution < 1.29 is 37.6 Å². The summed E-state index contributed by atoms with van der Waals surface area (Å²) in [4.78, 5) is 13.6. The largest absolute Gasteiger partial charge is 0.496 e. The molecule has 0 aliphatic carbocycles. The third kappa shape index (κ3) is 3.31. The van der Waals surface area contributed by atoms with Gasteiger partial charge in [-0.2, -0.15) is 0 Å². The second-order valence-corrected chi connectivity index (χ2v) is 6.17. The Morgan fingerprint density at radius 3 is 1.55 bits per heavy atom. The molecule has 9 heteroatoms. The molecule has 9 nitrogen and oxygen atoms in total. The predicted molar refractivity (Wildman–Crippen MR) is 114 cm³/mol. The van der Waals surface area contributed by atoms with E-state index in [-0.39, 0.29) is 45.5 Å². The highest BCUT2D eigenvalue weighted by molar-refractivity contribution is 5.97. The molecular weight excluding hydrogens is 408 g/mol. The van der Waals surface area contributed by atoms with Crippen LogP contribution in [-0.4, -0.2) is 49.8 Å². The standard InChI is InChI=1S/C22H24O9/c1-24-11-9-8-10-12(25-2)13(11)17-19(27-4)15(23)14-16(26-3)20(28-5)22(30-7)21(29-6)18(14)31-17/h8-10H,1-7H3. The first-order chi connectivity index (χ1) is 15.0. The molecule has 0 fully saturated rings. The van der Waals surface area contributed by atoms with Gasteiger partial charge in [-0.1, -0.05) is 6.07 Å². The summed E-state index contributed by atoms with van der Waals surface area (Å²) >= 11 is 0. The van der Waals surface area contributed by atoms with Crippen molar-refractivity contribution in [3.05, 3.63) is 28.4 Å². The maximum atomic E-state index is 13.6. The molecule has 166 valence electrons. The molecule has 0 aliphatic heterocycles. The molecule has 0 unspecified atom stereocenters. The summed E-state index contributed by atoms with van der Waals surface area (Å²) in [5, 5.41) is 0.0754. The summed E-state index contributed by atoms with van der Waals surface area (Å²) in [6.07, 6.45) is 0. The van der Waals surface area contributed by atoms with E-state index in [1.54, 1.807) is 18.2 Å². The smallest absolute Gasteiger partial charge is 0.239 e. The third-order valence-corrected chi connectivity index (χ3v) is 4.80. The van der Waals surface area contributed by atoms with Crippen LogP contribution in [0.2, 0.25) is 0 Å². The number of hydrogen-bond acceptors (Lipinski definition) is 9. The average molecular weight is 432 g/mol. The molecule has 0 atom stereocenters. The van der Waals surface area contributed by atoms with Crippen molar-refractivity contribution in [3.8, 4) is 51.6 Å². The van der Waals surface area contributed by atoms with E-state index < -0.39 is 5.43 Å². The zero-order chi connectivity index (χ0) is 22.7. The Hall–Kier alpha value is -3.75. The lowest BCUT2D eigenvalue weighted by molar-refractivity contribution is 0.306. The summed E-state index contributed by atoms with van der Waals surface area (Å²) in [5.41, 5.74) is -0.00673. The lowest BCUT2D eigenvalue weighted by Crippen LogP contribution is -2.11. The molecule has 0 aliphatic rings. The van der Waals surface area contributed by atoms with E-state index in [1.165, 1.54) is 49.8 Å². The van der Waals surface area contributed by atoms with Gasteiger partial charge < -0.3 is 37.6 Å². The molecule has 3 aromatic rings. The molecule has 31 heavy (non-hydrogen) atoms. The first kappa shape index (κ1) is 21.9. The number of fused-ring (bicyclic) bond motifs is 1. The van der Waals surface area contributed by atoms with E-state index in [9.17, 15) is 4.79 Å². The number of benzene rings is 2. The van der Waals surface area contributed by atoms with E-state index in [1.807, 2.05) is 0 Å². The van der Waals surface area contributed by atoms with Gasteiger partial charge in [-0.25, -0.2) is 0 Å². The van der Waals surface area contributed by atoms with Gasteiger partial charge in [0.25, 0.3) is 0 Å². The molecule has 0 bridgehead atoms. The van der Waals surface area contributed by atoms with Crippen LogP contribution in [0, 0.1) is 0 Å². The summed E-state index contributed by atoms with van der Waals surface area (Å²) in [6, 6.07) is 5.19. The zero-order valence-electron chi connectivity index (χ0n) is 18.4. The second kappa shape index (κ2) is 8.95. The highest BCUT2D eigenvalue weighted by Crippen LogP contribution is 2.52. The van der Waals surface area contributed by atoms with Gasteiger partial charge >= 0.3 is 0 Å². The Balaban J connectivity index is 2.61. The molecule has 0 N–H and O–H groups in total. The lowest BCUT2D eigenvalue weighted by atomic mass is 10.1. The molecule has 3 rings (SSSR count). The molecule has 0 radical (unpaired) electrons. The van der Waals surface area contributed by atoms with Gasteiger partial charge in [-0.05, 0) is 12.1 Å². The van der Waals surface area contributed by atoms with Gasteiger partial charge in [-0.3, -0.25) is 4.79 Å². The Kier molecular flexibility index (Phi) is 6.33. The number of ether oxygens (including phenoxy) is 7. The van der Waals surface area contributed by atoms with Gasteiger partial charge in [0.15, 0.2) is 17.1 Å². The van der Waals surface area contributed by atoms with Crippen molar-refractivity contribution in [3.63, 3.8) is 0 Å². The monoisotopic (exact) mass is 432 g/mol. The fourth-order valence-electron chi connectivity index (χ4n) is 3.48. The van der Waals surface area contributed by atoms with Crippen molar-refractivity contribution in [1.29, 1.82) is 0 Å². The van der Waals surface area contributed by atoms with Gasteiger partial charge in [0.05, 0.1) is 49.8 Å². The molecule has 1 aromatic heterocycles. The molecular formula is C22H24O9. The molecule has 1 heterocycles. The van der Waals surface area contributed by atoms with Crippen LogP contribution >= 0.6 is 0 Å². The van der Waals surface area contributed by atoms with Crippen LogP contribution in [0.4, 0.5) is 0 Å². The highest BCUT2D eigenvalue weighted by atomic mass is 16.5. The van der Waals surface area contributed by atoms with Gasteiger partial charge in [0.1, 0.15) is 22.4 Å². The SMILES string of the molecule is COc1cccc(OC)c1-c1oc2c(OC)c(OC)c(OC)c(OC)c2c(=O)c1OC. The van der Waals surface area contributed by atoms with Crippen molar-refractivity contribution in [2.45, 2.75) is 0 Å². The van der Waals surface area contributed by atoms with E-state index >= 15 is 0 Å². The van der Waals surface area contributed by atoms with E-state index in [2.05, 4.69) is 0 Å². The Labute approximate surface area is 178 Å². The summed E-state index contributed by atoms with van der Waals surface area (Å²) in [6.45, 7) is 0.